The van der Waals surface area contributed by atoms with E-state index in [1.54, 1.807) is 6.92 Å². The standard InChI is InChI=1S/C19H25N3O4S/c1-13(2)14-4-6-15(7-5-14)18-20-17(26-22-18)9-8-16(23)21-19(3)10-11-27(24,25)12-19/h4-7,13H,8-12H2,1-3H3,(H,21,23). The van der Waals surface area contributed by atoms with Crippen molar-refractivity contribution >= 4 is 15.7 Å². The van der Waals surface area contributed by atoms with Crippen LogP contribution in [0.5, 0.6) is 0 Å². The zero-order valence-corrected chi connectivity index (χ0v) is 16.7. The summed E-state index contributed by atoms with van der Waals surface area (Å²) in [6, 6.07) is 8.00. The van der Waals surface area contributed by atoms with Crippen LogP contribution in [-0.2, 0) is 21.1 Å². The van der Waals surface area contributed by atoms with Crippen molar-refractivity contribution in [1.29, 1.82) is 0 Å². The van der Waals surface area contributed by atoms with Crippen LogP contribution in [0.4, 0.5) is 0 Å². The Morgan fingerprint density at radius 1 is 1.30 bits per heavy atom. The Labute approximate surface area is 159 Å². The Morgan fingerprint density at radius 2 is 2.00 bits per heavy atom. The van der Waals surface area contributed by atoms with E-state index < -0.39 is 15.4 Å². The maximum absolute atomic E-state index is 12.2. The number of nitrogens with one attached hydrogen (secondary N) is 1. The highest BCUT2D eigenvalue weighted by Crippen LogP contribution is 2.23. The lowest BCUT2D eigenvalue weighted by Crippen LogP contribution is -2.47. The van der Waals surface area contributed by atoms with E-state index >= 15 is 0 Å². The lowest BCUT2D eigenvalue weighted by molar-refractivity contribution is -0.122. The summed E-state index contributed by atoms with van der Waals surface area (Å²) in [6.45, 7) is 6.03. The van der Waals surface area contributed by atoms with Gasteiger partial charge in [0.05, 0.1) is 17.0 Å². The molecule has 7 nitrogen and oxygen atoms in total. The van der Waals surface area contributed by atoms with Gasteiger partial charge in [0, 0.05) is 18.4 Å². The van der Waals surface area contributed by atoms with Gasteiger partial charge in [0.1, 0.15) is 0 Å². The second kappa shape index (κ2) is 7.42. The highest BCUT2D eigenvalue weighted by atomic mass is 32.2. The summed E-state index contributed by atoms with van der Waals surface area (Å²) in [5.74, 6) is 1.23. The lowest BCUT2D eigenvalue weighted by Gasteiger charge is -2.23. The van der Waals surface area contributed by atoms with Gasteiger partial charge in [0.15, 0.2) is 9.84 Å². The van der Waals surface area contributed by atoms with E-state index in [2.05, 4.69) is 29.3 Å². The zero-order chi connectivity index (χ0) is 19.7. The van der Waals surface area contributed by atoms with Crippen molar-refractivity contribution in [2.45, 2.75) is 51.5 Å². The molecule has 0 spiro atoms. The fourth-order valence-corrected chi connectivity index (χ4v) is 5.31. The normalized spacial score (nSPS) is 21.5. The lowest BCUT2D eigenvalue weighted by atomic mass is 10.0. The topological polar surface area (TPSA) is 102 Å². The molecule has 1 aromatic heterocycles. The Morgan fingerprint density at radius 3 is 2.59 bits per heavy atom. The van der Waals surface area contributed by atoms with Crippen LogP contribution in [0.15, 0.2) is 28.8 Å². The second-order valence-corrected chi connectivity index (χ2v) is 9.92. The Balaban J connectivity index is 1.56. The number of benzene rings is 1. The number of hydrogen-bond donors (Lipinski definition) is 1. The van der Waals surface area contributed by atoms with E-state index in [9.17, 15) is 13.2 Å². The molecular formula is C19H25N3O4S. The highest BCUT2D eigenvalue weighted by Gasteiger charge is 2.39. The van der Waals surface area contributed by atoms with Gasteiger partial charge in [-0.05, 0) is 24.8 Å². The van der Waals surface area contributed by atoms with Crippen LogP contribution in [0.1, 0.15) is 51.0 Å². The van der Waals surface area contributed by atoms with Gasteiger partial charge in [0.25, 0.3) is 0 Å². The third kappa shape index (κ3) is 4.94. The van der Waals surface area contributed by atoms with Gasteiger partial charge in [-0.1, -0.05) is 43.3 Å². The van der Waals surface area contributed by atoms with Gasteiger partial charge < -0.3 is 9.84 Å². The van der Waals surface area contributed by atoms with E-state index in [0.29, 0.717) is 30.5 Å². The van der Waals surface area contributed by atoms with Crippen molar-refractivity contribution in [3.05, 3.63) is 35.7 Å². The molecule has 3 rings (SSSR count). The van der Waals surface area contributed by atoms with E-state index in [1.807, 2.05) is 24.3 Å². The fraction of sp³-hybridized carbons (Fsp3) is 0.526. The minimum Gasteiger partial charge on any atom is -0.350 e. The molecule has 8 heteroatoms. The SMILES string of the molecule is CC(C)c1ccc(-c2noc(CCC(=O)NC3(C)CCS(=O)(=O)C3)n2)cc1. The largest absolute Gasteiger partial charge is 0.350 e. The van der Waals surface area contributed by atoms with Crippen molar-refractivity contribution in [3.8, 4) is 11.4 Å². The summed E-state index contributed by atoms with van der Waals surface area (Å²) < 4.78 is 28.5. The quantitative estimate of drug-likeness (QED) is 0.812. The fourth-order valence-electron chi connectivity index (χ4n) is 3.22. The van der Waals surface area contributed by atoms with E-state index in [4.69, 9.17) is 4.52 Å². The summed E-state index contributed by atoms with van der Waals surface area (Å²) in [4.78, 5) is 16.5. The summed E-state index contributed by atoms with van der Waals surface area (Å²) in [7, 11) is -3.06. The molecule has 2 heterocycles. The molecule has 1 fully saturated rings. The van der Waals surface area contributed by atoms with Crippen molar-refractivity contribution in [3.63, 3.8) is 0 Å². The molecule has 1 aliphatic heterocycles. The molecule has 0 bridgehead atoms. The van der Waals surface area contributed by atoms with Crippen molar-refractivity contribution in [1.82, 2.24) is 15.5 Å². The second-order valence-electron chi connectivity index (χ2n) is 7.74. The third-order valence-corrected chi connectivity index (χ3v) is 6.72. The van der Waals surface area contributed by atoms with Gasteiger partial charge in [-0.2, -0.15) is 4.98 Å². The molecule has 1 aromatic carbocycles. The average Bonchev–Trinajstić information content (AvgIpc) is 3.17. The van der Waals surface area contributed by atoms with Crippen molar-refractivity contribution in [2.24, 2.45) is 0 Å². The first-order valence-corrected chi connectivity index (χ1v) is 10.9. The molecule has 1 unspecified atom stereocenters. The van der Waals surface area contributed by atoms with Gasteiger partial charge in [-0.25, -0.2) is 8.42 Å². The van der Waals surface area contributed by atoms with Gasteiger partial charge in [-0.3, -0.25) is 4.79 Å². The predicted octanol–water partition coefficient (Wildman–Crippen LogP) is 2.49. The van der Waals surface area contributed by atoms with E-state index in [0.717, 1.165) is 5.56 Å². The van der Waals surface area contributed by atoms with Gasteiger partial charge in [-0.15, -0.1) is 0 Å². The van der Waals surface area contributed by atoms with Crippen LogP contribution < -0.4 is 5.32 Å². The van der Waals surface area contributed by atoms with Crippen LogP contribution >= 0.6 is 0 Å². The minimum absolute atomic E-state index is 0.0111. The molecule has 2 aromatic rings. The molecule has 0 saturated carbocycles. The number of carbonyl (C=O) groups is 1. The monoisotopic (exact) mass is 391 g/mol. The highest BCUT2D eigenvalue weighted by molar-refractivity contribution is 7.91. The molecule has 1 aliphatic rings. The Bertz CT molecular complexity index is 919. The molecular weight excluding hydrogens is 366 g/mol. The molecule has 27 heavy (non-hydrogen) atoms. The molecule has 0 radical (unpaired) electrons. The number of aromatic nitrogens is 2. The van der Waals surface area contributed by atoms with Crippen molar-refractivity contribution < 1.29 is 17.7 Å². The Kier molecular flexibility index (Phi) is 5.37. The number of amides is 1. The number of rotatable bonds is 6. The number of carbonyl (C=O) groups excluding carboxylic acids is 1. The minimum atomic E-state index is -3.06. The van der Waals surface area contributed by atoms with Crippen molar-refractivity contribution in [2.75, 3.05) is 11.5 Å². The molecule has 1 amide bonds. The van der Waals surface area contributed by atoms with E-state index in [1.165, 1.54) is 5.56 Å². The van der Waals surface area contributed by atoms with Crippen LogP contribution in [0.3, 0.4) is 0 Å². The average molecular weight is 391 g/mol. The molecule has 1 atom stereocenters. The summed E-state index contributed by atoms with van der Waals surface area (Å²) >= 11 is 0. The first kappa shape index (κ1) is 19.5. The molecule has 1 saturated heterocycles. The number of hydrogen-bond acceptors (Lipinski definition) is 6. The maximum Gasteiger partial charge on any atom is 0.227 e. The van der Waals surface area contributed by atoms with E-state index in [-0.39, 0.29) is 23.8 Å². The smallest absolute Gasteiger partial charge is 0.227 e. The summed E-state index contributed by atoms with van der Waals surface area (Å²) in [5, 5.41) is 6.81. The summed E-state index contributed by atoms with van der Waals surface area (Å²) in [5.41, 5.74) is 1.41. The molecule has 1 N–H and O–H groups in total. The third-order valence-electron chi connectivity index (χ3n) is 4.81. The Hall–Kier alpha value is -2.22. The first-order valence-electron chi connectivity index (χ1n) is 9.10. The molecule has 0 aliphatic carbocycles. The number of aryl methyl sites for hydroxylation is 1. The maximum atomic E-state index is 12.2. The summed E-state index contributed by atoms with van der Waals surface area (Å²) in [6.07, 6.45) is 0.924. The first-order chi connectivity index (χ1) is 12.7. The van der Waals surface area contributed by atoms with Gasteiger partial charge >= 0.3 is 0 Å². The number of nitrogens with zero attached hydrogens (tertiary/aromatic N) is 2. The van der Waals surface area contributed by atoms with Crippen LogP contribution in [0.25, 0.3) is 11.4 Å². The van der Waals surface area contributed by atoms with Crippen LogP contribution in [0, 0.1) is 0 Å². The van der Waals surface area contributed by atoms with Gasteiger partial charge in [0.2, 0.25) is 17.6 Å². The zero-order valence-electron chi connectivity index (χ0n) is 15.9. The van der Waals surface area contributed by atoms with Crippen LogP contribution in [-0.4, -0.2) is 41.5 Å². The predicted molar refractivity (Wildman–Crippen MR) is 102 cm³/mol. The number of sulfone groups is 1. The molecule has 146 valence electrons. The van der Waals surface area contributed by atoms with Crippen LogP contribution in [0.2, 0.25) is 0 Å².